The lowest BCUT2D eigenvalue weighted by atomic mass is 10.1. The number of hydrogen-bond donors (Lipinski definition) is 1. The highest BCUT2D eigenvalue weighted by Gasteiger charge is 2.23. The van der Waals surface area contributed by atoms with Gasteiger partial charge in [-0.1, -0.05) is 6.07 Å². The number of ether oxygens (including phenoxy) is 1. The molecule has 1 N–H and O–H groups in total. The molecule has 0 aromatic heterocycles. The van der Waals surface area contributed by atoms with E-state index in [4.69, 9.17) is 4.74 Å². The molecule has 1 fully saturated rings. The second-order valence-corrected chi connectivity index (χ2v) is 7.91. The number of halogens is 1. The van der Waals surface area contributed by atoms with Gasteiger partial charge in [0, 0.05) is 29.6 Å². The molecule has 21 heavy (non-hydrogen) atoms. The van der Waals surface area contributed by atoms with Gasteiger partial charge in [0.1, 0.15) is 0 Å². The van der Waals surface area contributed by atoms with Crippen molar-refractivity contribution < 1.29 is 4.74 Å². The van der Waals surface area contributed by atoms with Gasteiger partial charge in [-0.3, -0.25) is 0 Å². The van der Waals surface area contributed by atoms with Gasteiger partial charge in [-0.2, -0.15) is 0 Å². The molecule has 2 unspecified atom stereocenters. The summed E-state index contributed by atoms with van der Waals surface area (Å²) in [5.74, 6) is 0. The van der Waals surface area contributed by atoms with Gasteiger partial charge in [-0.15, -0.1) is 0 Å². The summed E-state index contributed by atoms with van der Waals surface area (Å²) in [6, 6.07) is 6.65. The van der Waals surface area contributed by atoms with Crippen molar-refractivity contribution in [2.45, 2.75) is 58.9 Å². The summed E-state index contributed by atoms with van der Waals surface area (Å²) >= 11 is 3.73. The molecule has 3 nitrogen and oxygen atoms in total. The first-order valence-corrected chi connectivity index (χ1v) is 8.48. The van der Waals surface area contributed by atoms with Gasteiger partial charge < -0.3 is 15.0 Å². The Morgan fingerprint density at radius 3 is 2.38 bits per heavy atom. The van der Waals surface area contributed by atoms with Crippen LogP contribution in [0, 0.1) is 0 Å². The first-order chi connectivity index (χ1) is 9.74. The number of hydrogen-bond acceptors (Lipinski definition) is 3. The van der Waals surface area contributed by atoms with E-state index in [1.165, 1.54) is 11.3 Å². The molecule has 2 atom stereocenters. The Balaban J connectivity index is 2.08. The van der Waals surface area contributed by atoms with Gasteiger partial charge in [0.25, 0.3) is 0 Å². The van der Waals surface area contributed by atoms with E-state index in [-0.39, 0.29) is 17.7 Å². The fourth-order valence-corrected chi connectivity index (χ4v) is 3.34. The van der Waals surface area contributed by atoms with E-state index in [0.29, 0.717) is 0 Å². The van der Waals surface area contributed by atoms with Crippen molar-refractivity contribution in [3.05, 3.63) is 28.2 Å². The Morgan fingerprint density at radius 2 is 1.86 bits per heavy atom. The van der Waals surface area contributed by atoms with E-state index in [1.807, 2.05) is 0 Å². The van der Waals surface area contributed by atoms with Crippen molar-refractivity contribution in [3.63, 3.8) is 0 Å². The molecule has 0 aliphatic carbocycles. The quantitative estimate of drug-likeness (QED) is 0.889. The van der Waals surface area contributed by atoms with E-state index in [0.717, 1.165) is 24.1 Å². The van der Waals surface area contributed by atoms with Crippen molar-refractivity contribution in [3.8, 4) is 0 Å². The van der Waals surface area contributed by atoms with Gasteiger partial charge in [0.05, 0.1) is 17.9 Å². The third kappa shape index (κ3) is 4.97. The minimum absolute atomic E-state index is 0.139. The summed E-state index contributed by atoms with van der Waals surface area (Å²) in [6.07, 6.45) is 0.561. The second-order valence-electron chi connectivity index (χ2n) is 7.05. The number of morpholine rings is 1. The van der Waals surface area contributed by atoms with Gasteiger partial charge in [-0.25, -0.2) is 0 Å². The number of benzene rings is 1. The van der Waals surface area contributed by atoms with E-state index in [2.05, 4.69) is 79.0 Å². The molecule has 4 heteroatoms. The van der Waals surface area contributed by atoms with Crippen LogP contribution in [0.1, 0.15) is 40.2 Å². The molecule has 1 aromatic carbocycles. The largest absolute Gasteiger partial charge is 0.372 e. The van der Waals surface area contributed by atoms with Gasteiger partial charge in [-0.05, 0) is 68.2 Å². The van der Waals surface area contributed by atoms with Crippen LogP contribution >= 0.6 is 15.9 Å². The van der Waals surface area contributed by atoms with Crippen molar-refractivity contribution >= 4 is 21.6 Å². The summed E-state index contributed by atoms with van der Waals surface area (Å²) in [5, 5.41) is 3.52. The number of nitrogens with one attached hydrogen (secondary N) is 1. The van der Waals surface area contributed by atoms with Crippen molar-refractivity contribution in [2.75, 3.05) is 18.0 Å². The lowest BCUT2D eigenvalue weighted by molar-refractivity contribution is -0.00525. The summed E-state index contributed by atoms with van der Waals surface area (Å²) in [5.41, 5.74) is 2.70. The Hall–Kier alpha value is -0.580. The van der Waals surface area contributed by atoms with Crippen LogP contribution in [0.4, 0.5) is 5.69 Å². The summed E-state index contributed by atoms with van der Waals surface area (Å²) in [4.78, 5) is 2.41. The molecule has 1 aliphatic rings. The Kier molecular flexibility index (Phi) is 5.33. The lowest BCUT2D eigenvalue weighted by Gasteiger charge is -2.37. The average Bonchev–Trinajstić information content (AvgIpc) is 2.34. The van der Waals surface area contributed by atoms with E-state index in [1.54, 1.807) is 0 Å². The SMILES string of the molecule is CC1CN(c2ccc(CNC(C)(C)C)cc2Br)CC(C)O1. The van der Waals surface area contributed by atoms with E-state index < -0.39 is 0 Å². The van der Waals surface area contributed by atoms with Crippen LogP contribution in [-0.2, 0) is 11.3 Å². The second kappa shape index (κ2) is 6.67. The van der Waals surface area contributed by atoms with Gasteiger partial charge >= 0.3 is 0 Å². The minimum Gasteiger partial charge on any atom is -0.372 e. The molecule has 1 saturated heterocycles. The number of rotatable bonds is 3. The van der Waals surface area contributed by atoms with E-state index in [9.17, 15) is 0 Å². The molecule has 0 saturated carbocycles. The normalized spacial score (nSPS) is 23.4. The summed E-state index contributed by atoms with van der Waals surface area (Å²) < 4.78 is 6.97. The molecule has 2 rings (SSSR count). The Bertz CT molecular complexity index is 474. The molecular weight excluding hydrogens is 328 g/mol. The molecule has 0 bridgehead atoms. The van der Waals surface area contributed by atoms with Crippen molar-refractivity contribution in [1.82, 2.24) is 5.32 Å². The monoisotopic (exact) mass is 354 g/mol. The molecule has 0 spiro atoms. The zero-order chi connectivity index (χ0) is 15.6. The zero-order valence-corrected chi connectivity index (χ0v) is 15.3. The van der Waals surface area contributed by atoms with Crippen molar-refractivity contribution in [1.29, 1.82) is 0 Å². The Morgan fingerprint density at radius 1 is 1.24 bits per heavy atom. The summed E-state index contributed by atoms with van der Waals surface area (Å²) in [7, 11) is 0. The van der Waals surface area contributed by atoms with Gasteiger partial charge in [0.2, 0.25) is 0 Å². The molecule has 118 valence electrons. The number of anilines is 1. The third-order valence-corrected chi connectivity index (χ3v) is 4.23. The fourth-order valence-electron chi connectivity index (χ4n) is 2.66. The zero-order valence-electron chi connectivity index (χ0n) is 13.7. The lowest BCUT2D eigenvalue weighted by Crippen LogP contribution is -2.45. The number of nitrogens with zero attached hydrogens (tertiary/aromatic N) is 1. The molecule has 1 heterocycles. The highest BCUT2D eigenvalue weighted by molar-refractivity contribution is 9.10. The topological polar surface area (TPSA) is 24.5 Å². The van der Waals surface area contributed by atoms with Crippen LogP contribution < -0.4 is 10.2 Å². The van der Waals surface area contributed by atoms with Crippen LogP contribution in [0.3, 0.4) is 0 Å². The van der Waals surface area contributed by atoms with Crippen LogP contribution in [-0.4, -0.2) is 30.8 Å². The predicted octanol–water partition coefficient (Wildman–Crippen LogP) is 3.95. The maximum atomic E-state index is 5.81. The van der Waals surface area contributed by atoms with Gasteiger partial charge in [0.15, 0.2) is 0 Å². The molecule has 1 aliphatic heterocycles. The van der Waals surface area contributed by atoms with Crippen molar-refractivity contribution in [2.24, 2.45) is 0 Å². The first kappa shape index (κ1) is 16.8. The highest BCUT2D eigenvalue weighted by Crippen LogP contribution is 2.30. The average molecular weight is 355 g/mol. The van der Waals surface area contributed by atoms with Crippen LogP contribution in [0.2, 0.25) is 0 Å². The third-order valence-electron chi connectivity index (χ3n) is 3.60. The standard InChI is InChI=1S/C17H27BrN2O/c1-12-10-20(11-13(2)21-12)16-7-6-14(8-15(16)18)9-19-17(3,4)5/h6-8,12-13,19H,9-11H2,1-5H3. The molecule has 0 radical (unpaired) electrons. The summed E-state index contributed by atoms with van der Waals surface area (Å²) in [6.45, 7) is 13.6. The molecule has 1 aromatic rings. The molecule has 0 amide bonds. The van der Waals surface area contributed by atoms with Crippen LogP contribution in [0.15, 0.2) is 22.7 Å². The van der Waals surface area contributed by atoms with E-state index >= 15 is 0 Å². The van der Waals surface area contributed by atoms with Crippen LogP contribution in [0.5, 0.6) is 0 Å². The predicted molar refractivity (Wildman–Crippen MR) is 93.0 cm³/mol. The minimum atomic E-state index is 0.139. The molecular formula is C17H27BrN2O. The Labute approximate surface area is 137 Å². The van der Waals surface area contributed by atoms with Crippen LogP contribution in [0.25, 0.3) is 0 Å². The maximum absolute atomic E-state index is 5.81. The maximum Gasteiger partial charge on any atom is 0.0726 e. The highest BCUT2D eigenvalue weighted by atomic mass is 79.9. The smallest absolute Gasteiger partial charge is 0.0726 e. The fraction of sp³-hybridized carbons (Fsp3) is 0.647. The first-order valence-electron chi connectivity index (χ1n) is 7.68.